The third-order valence-electron chi connectivity index (χ3n) is 4.06. The highest BCUT2D eigenvalue weighted by Crippen LogP contribution is 2.18. The van der Waals surface area contributed by atoms with Crippen molar-refractivity contribution in [3.8, 4) is 11.5 Å². The summed E-state index contributed by atoms with van der Waals surface area (Å²) in [5, 5.41) is 2.88. The second-order valence-electron chi connectivity index (χ2n) is 5.67. The summed E-state index contributed by atoms with van der Waals surface area (Å²) in [6.07, 6.45) is 1.43. The molecule has 1 fully saturated rings. The predicted octanol–water partition coefficient (Wildman–Crippen LogP) is 1.67. The fourth-order valence-corrected chi connectivity index (χ4v) is 2.58. The number of carbonyl (C=O) groups is 2. The smallest absolute Gasteiger partial charge is 0.409 e. The van der Waals surface area contributed by atoms with Gasteiger partial charge in [-0.3, -0.25) is 4.79 Å². The lowest BCUT2D eigenvalue weighted by atomic mass is 9.97. The first-order valence-corrected chi connectivity index (χ1v) is 7.99. The lowest BCUT2D eigenvalue weighted by molar-refractivity contribution is -0.123. The van der Waals surface area contributed by atoms with Crippen molar-refractivity contribution in [2.75, 3.05) is 40.5 Å². The molecule has 1 aliphatic heterocycles. The van der Waals surface area contributed by atoms with Crippen LogP contribution in [0.3, 0.4) is 0 Å². The van der Waals surface area contributed by atoms with Gasteiger partial charge in [0.1, 0.15) is 11.5 Å². The molecule has 1 N–H and O–H groups in total. The Morgan fingerprint density at radius 3 is 2.33 bits per heavy atom. The molecule has 0 saturated carbocycles. The van der Waals surface area contributed by atoms with Gasteiger partial charge in [0, 0.05) is 19.6 Å². The quantitative estimate of drug-likeness (QED) is 0.855. The fourth-order valence-electron chi connectivity index (χ4n) is 2.58. The van der Waals surface area contributed by atoms with Crippen LogP contribution in [0, 0.1) is 5.92 Å². The molecule has 1 aromatic carbocycles. The lowest BCUT2D eigenvalue weighted by Gasteiger charge is -2.30. The van der Waals surface area contributed by atoms with Crippen molar-refractivity contribution in [3.63, 3.8) is 0 Å². The van der Waals surface area contributed by atoms with Crippen molar-refractivity contribution >= 4 is 12.0 Å². The third kappa shape index (κ3) is 5.33. The summed E-state index contributed by atoms with van der Waals surface area (Å²) >= 11 is 0. The van der Waals surface area contributed by atoms with Crippen LogP contribution in [0.5, 0.6) is 11.5 Å². The van der Waals surface area contributed by atoms with E-state index in [1.165, 1.54) is 7.11 Å². The summed E-state index contributed by atoms with van der Waals surface area (Å²) in [6.45, 7) is 1.90. The van der Waals surface area contributed by atoms with Crippen LogP contribution in [-0.2, 0) is 9.53 Å². The highest BCUT2D eigenvalue weighted by atomic mass is 16.5. The van der Waals surface area contributed by atoms with Gasteiger partial charge in [0.25, 0.3) is 5.91 Å². The number of likely N-dealkylation sites (tertiary alicyclic amines) is 1. The lowest BCUT2D eigenvalue weighted by Crippen LogP contribution is -2.42. The Morgan fingerprint density at radius 1 is 1.12 bits per heavy atom. The summed E-state index contributed by atoms with van der Waals surface area (Å²) in [5.41, 5.74) is 0. The fraction of sp³-hybridized carbons (Fsp3) is 0.529. The van der Waals surface area contributed by atoms with Gasteiger partial charge in [-0.25, -0.2) is 4.79 Å². The van der Waals surface area contributed by atoms with E-state index in [1.807, 2.05) is 0 Å². The van der Waals surface area contributed by atoms with Gasteiger partial charge in [-0.15, -0.1) is 0 Å². The van der Waals surface area contributed by atoms with Gasteiger partial charge < -0.3 is 24.4 Å². The molecule has 24 heavy (non-hydrogen) atoms. The molecule has 0 unspecified atom stereocenters. The summed E-state index contributed by atoms with van der Waals surface area (Å²) in [6, 6.07) is 7.08. The molecule has 7 nitrogen and oxygen atoms in total. The number of ether oxygens (including phenoxy) is 3. The first kappa shape index (κ1) is 17.9. The van der Waals surface area contributed by atoms with E-state index in [2.05, 4.69) is 5.32 Å². The van der Waals surface area contributed by atoms with E-state index in [0.29, 0.717) is 31.3 Å². The minimum atomic E-state index is -0.287. The average Bonchev–Trinajstić information content (AvgIpc) is 2.64. The van der Waals surface area contributed by atoms with Gasteiger partial charge >= 0.3 is 6.09 Å². The Kier molecular flexibility index (Phi) is 6.72. The number of amides is 2. The van der Waals surface area contributed by atoms with Crippen LogP contribution < -0.4 is 14.8 Å². The normalized spacial score (nSPS) is 14.8. The van der Waals surface area contributed by atoms with Crippen molar-refractivity contribution in [2.45, 2.75) is 12.8 Å². The number of piperidine rings is 1. The van der Waals surface area contributed by atoms with Gasteiger partial charge in [-0.1, -0.05) is 0 Å². The molecule has 2 rings (SSSR count). The second kappa shape index (κ2) is 9.00. The molecule has 0 radical (unpaired) electrons. The largest absolute Gasteiger partial charge is 0.497 e. The molecular formula is C17H24N2O5. The van der Waals surface area contributed by atoms with E-state index < -0.39 is 0 Å². The predicted molar refractivity (Wildman–Crippen MR) is 88.2 cm³/mol. The Bertz CT molecular complexity index is 538. The number of carbonyl (C=O) groups excluding carboxylic acids is 2. The number of nitrogens with zero attached hydrogens (tertiary/aromatic N) is 1. The minimum absolute atomic E-state index is 0.0205. The molecule has 1 aliphatic rings. The Hall–Kier alpha value is -2.44. The zero-order valence-electron chi connectivity index (χ0n) is 14.1. The van der Waals surface area contributed by atoms with Gasteiger partial charge in [0.2, 0.25) is 0 Å². The molecular weight excluding hydrogens is 312 g/mol. The van der Waals surface area contributed by atoms with Crippen LogP contribution in [0.2, 0.25) is 0 Å². The average molecular weight is 336 g/mol. The van der Waals surface area contributed by atoms with Crippen molar-refractivity contribution in [3.05, 3.63) is 24.3 Å². The number of nitrogens with one attached hydrogen (secondary N) is 1. The number of rotatable bonds is 6. The summed E-state index contributed by atoms with van der Waals surface area (Å²) < 4.78 is 15.2. The molecule has 0 atom stereocenters. The van der Waals surface area contributed by atoms with Crippen LogP contribution >= 0.6 is 0 Å². The molecule has 0 aromatic heterocycles. The topological polar surface area (TPSA) is 77.1 Å². The highest BCUT2D eigenvalue weighted by Gasteiger charge is 2.23. The Morgan fingerprint density at radius 2 is 1.75 bits per heavy atom. The van der Waals surface area contributed by atoms with Crippen LogP contribution in [0.1, 0.15) is 12.8 Å². The molecule has 2 amide bonds. The number of benzene rings is 1. The maximum absolute atomic E-state index is 11.9. The van der Waals surface area contributed by atoms with Crippen molar-refractivity contribution in [2.24, 2.45) is 5.92 Å². The molecule has 0 bridgehead atoms. The number of methoxy groups -OCH3 is 2. The van der Waals surface area contributed by atoms with Crippen molar-refractivity contribution in [1.29, 1.82) is 0 Å². The van der Waals surface area contributed by atoms with Gasteiger partial charge in [-0.05, 0) is 43.0 Å². The van der Waals surface area contributed by atoms with Crippen molar-refractivity contribution < 1.29 is 23.8 Å². The summed E-state index contributed by atoms with van der Waals surface area (Å²) in [7, 11) is 2.98. The highest BCUT2D eigenvalue weighted by molar-refractivity contribution is 5.77. The van der Waals surface area contributed by atoms with Crippen LogP contribution in [0.4, 0.5) is 4.79 Å². The summed E-state index contributed by atoms with van der Waals surface area (Å²) in [5.74, 6) is 1.58. The number of hydrogen-bond acceptors (Lipinski definition) is 5. The van der Waals surface area contributed by atoms with Crippen LogP contribution in [-0.4, -0.2) is 57.4 Å². The van der Waals surface area contributed by atoms with E-state index >= 15 is 0 Å². The molecule has 1 saturated heterocycles. The standard InChI is InChI=1S/C17H24N2O5/c1-22-14-3-5-15(6-4-14)24-12-16(20)18-11-13-7-9-19(10-8-13)17(21)23-2/h3-6,13H,7-12H2,1-2H3,(H,18,20). The minimum Gasteiger partial charge on any atom is -0.497 e. The van der Waals surface area contributed by atoms with Crippen LogP contribution in [0.25, 0.3) is 0 Å². The zero-order chi connectivity index (χ0) is 17.4. The van der Waals surface area contributed by atoms with Crippen molar-refractivity contribution in [1.82, 2.24) is 10.2 Å². The first-order valence-electron chi connectivity index (χ1n) is 7.99. The van der Waals surface area contributed by atoms with Crippen LogP contribution in [0.15, 0.2) is 24.3 Å². The van der Waals surface area contributed by atoms with E-state index in [-0.39, 0.29) is 18.6 Å². The zero-order valence-corrected chi connectivity index (χ0v) is 14.1. The monoisotopic (exact) mass is 336 g/mol. The SMILES string of the molecule is COC(=O)N1CCC(CNC(=O)COc2ccc(OC)cc2)CC1. The number of hydrogen-bond donors (Lipinski definition) is 1. The molecule has 7 heteroatoms. The molecule has 1 aromatic rings. The third-order valence-corrected chi connectivity index (χ3v) is 4.06. The van der Waals surface area contributed by atoms with E-state index in [1.54, 1.807) is 36.3 Å². The van der Waals surface area contributed by atoms with E-state index in [9.17, 15) is 9.59 Å². The van der Waals surface area contributed by atoms with E-state index in [4.69, 9.17) is 14.2 Å². The summed E-state index contributed by atoms with van der Waals surface area (Å²) in [4.78, 5) is 25.0. The molecule has 0 spiro atoms. The maximum Gasteiger partial charge on any atom is 0.409 e. The molecule has 1 heterocycles. The van der Waals surface area contributed by atoms with Gasteiger partial charge in [0.05, 0.1) is 14.2 Å². The maximum atomic E-state index is 11.9. The first-order chi connectivity index (χ1) is 11.6. The van der Waals surface area contributed by atoms with Gasteiger partial charge in [-0.2, -0.15) is 0 Å². The Balaban J connectivity index is 1.64. The Labute approximate surface area is 141 Å². The van der Waals surface area contributed by atoms with E-state index in [0.717, 1.165) is 18.6 Å². The van der Waals surface area contributed by atoms with Gasteiger partial charge in [0.15, 0.2) is 6.61 Å². The molecule has 132 valence electrons. The second-order valence-corrected chi connectivity index (χ2v) is 5.67. The molecule has 0 aliphatic carbocycles.